The average Bonchev–Trinajstić information content (AvgIpc) is 3.28. The summed E-state index contributed by atoms with van der Waals surface area (Å²) in [6.45, 7) is 7.76. The fourth-order valence-corrected chi connectivity index (χ4v) is 3.81. The standard InChI is InChI=1S/C19H25FN4O/c20-18-3-1-16(2-4-18)13-24-14-17(11-21-24)12-22-6-5-19(15-22)23-7-9-25-10-8-23/h1-4,11,14,19H,5-10,12-13,15H2/t19-/m0/s1. The lowest BCUT2D eigenvalue weighted by molar-refractivity contribution is 0.0184. The maximum atomic E-state index is 13.0. The van der Waals surface area contributed by atoms with Crippen molar-refractivity contribution < 1.29 is 9.13 Å². The molecule has 0 unspecified atom stereocenters. The van der Waals surface area contributed by atoms with E-state index in [-0.39, 0.29) is 5.82 Å². The molecule has 0 spiro atoms. The molecule has 0 aliphatic carbocycles. The summed E-state index contributed by atoms with van der Waals surface area (Å²) < 4.78 is 20.4. The van der Waals surface area contributed by atoms with Crippen LogP contribution < -0.4 is 0 Å². The van der Waals surface area contributed by atoms with Crippen LogP contribution in [0.15, 0.2) is 36.7 Å². The molecule has 1 aromatic heterocycles. The highest BCUT2D eigenvalue weighted by Crippen LogP contribution is 2.19. The quantitative estimate of drug-likeness (QED) is 0.831. The maximum absolute atomic E-state index is 13.0. The number of halogens is 1. The number of aromatic nitrogens is 2. The minimum atomic E-state index is -0.200. The molecule has 2 aromatic rings. The Kier molecular flexibility index (Phi) is 5.10. The summed E-state index contributed by atoms with van der Waals surface area (Å²) in [4.78, 5) is 5.08. The van der Waals surface area contributed by atoms with E-state index in [0.717, 1.165) is 51.5 Å². The van der Waals surface area contributed by atoms with Crippen molar-refractivity contribution in [3.05, 3.63) is 53.6 Å². The molecule has 2 saturated heterocycles. The molecule has 4 rings (SSSR count). The number of hydrogen-bond donors (Lipinski definition) is 0. The van der Waals surface area contributed by atoms with Crippen LogP contribution in [0.3, 0.4) is 0 Å². The molecule has 2 fully saturated rings. The molecule has 0 amide bonds. The predicted molar refractivity (Wildman–Crippen MR) is 93.8 cm³/mol. The molecule has 2 aliphatic rings. The van der Waals surface area contributed by atoms with Gasteiger partial charge < -0.3 is 4.74 Å². The lowest BCUT2D eigenvalue weighted by Gasteiger charge is -2.32. The zero-order valence-electron chi connectivity index (χ0n) is 14.5. The number of nitrogens with zero attached hydrogens (tertiary/aromatic N) is 4. The SMILES string of the molecule is Fc1ccc(Cn2cc(CN3CC[C@H](N4CCOCC4)C3)cn2)cc1. The van der Waals surface area contributed by atoms with E-state index in [1.54, 1.807) is 0 Å². The van der Waals surface area contributed by atoms with E-state index in [2.05, 4.69) is 21.1 Å². The van der Waals surface area contributed by atoms with Gasteiger partial charge in [-0.25, -0.2) is 4.39 Å². The summed E-state index contributed by atoms with van der Waals surface area (Å²) in [6.07, 6.45) is 5.29. The third-order valence-corrected chi connectivity index (χ3v) is 5.16. The van der Waals surface area contributed by atoms with E-state index in [1.165, 1.54) is 24.1 Å². The van der Waals surface area contributed by atoms with Crippen molar-refractivity contribution in [2.24, 2.45) is 0 Å². The molecule has 134 valence electrons. The Morgan fingerprint density at radius 3 is 2.64 bits per heavy atom. The van der Waals surface area contributed by atoms with Gasteiger partial charge in [0.2, 0.25) is 0 Å². The van der Waals surface area contributed by atoms with E-state index in [1.807, 2.05) is 23.0 Å². The number of hydrogen-bond acceptors (Lipinski definition) is 4. The fraction of sp³-hybridized carbons (Fsp3) is 0.526. The second-order valence-corrected chi connectivity index (χ2v) is 7.00. The highest BCUT2D eigenvalue weighted by atomic mass is 19.1. The van der Waals surface area contributed by atoms with Crippen molar-refractivity contribution >= 4 is 0 Å². The highest BCUT2D eigenvalue weighted by molar-refractivity contribution is 5.17. The van der Waals surface area contributed by atoms with E-state index in [4.69, 9.17) is 4.74 Å². The number of morpholine rings is 1. The second kappa shape index (κ2) is 7.64. The van der Waals surface area contributed by atoms with Crippen molar-refractivity contribution in [1.82, 2.24) is 19.6 Å². The molecular formula is C19H25FN4O. The second-order valence-electron chi connectivity index (χ2n) is 7.00. The first-order chi connectivity index (χ1) is 12.3. The summed E-state index contributed by atoms with van der Waals surface area (Å²) in [5, 5.41) is 4.45. The molecule has 3 heterocycles. The van der Waals surface area contributed by atoms with E-state index < -0.39 is 0 Å². The fourth-order valence-electron chi connectivity index (χ4n) is 3.81. The first-order valence-electron chi connectivity index (χ1n) is 9.06. The Morgan fingerprint density at radius 1 is 1.04 bits per heavy atom. The van der Waals surface area contributed by atoms with Gasteiger partial charge in [0.05, 0.1) is 26.0 Å². The highest BCUT2D eigenvalue weighted by Gasteiger charge is 2.28. The summed E-state index contributed by atoms with van der Waals surface area (Å²) in [5.74, 6) is -0.200. The van der Waals surface area contributed by atoms with Crippen LogP contribution in [0.25, 0.3) is 0 Å². The van der Waals surface area contributed by atoms with Crippen LogP contribution in [0, 0.1) is 5.82 Å². The zero-order valence-corrected chi connectivity index (χ0v) is 14.5. The van der Waals surface area contributed by atoms with Crippen LogP contribution in [0.5, 0.6) is 0 Å². The Morgan fingerprint density at radius 2 is 1.84 bits per heavy atom. The van der Waals surface area contributed by atoms with Gasteiger partial charge in [-0.05, 0) is 24.1 Å². The Hall–Kier alpha value is -1.76. The van der Waals surface area contributed by atoms with Gasteiger partial charge in [0.25, 0.3) is 0 Å². The smallest absolute Gasteiger partial charge is 0.123 e. The van der Waals surface area contributed by atoms with Gasteiger partial charge in [0, 0.05) is 50.5 Å². The minimum absolute atomic E-state index is 0.200. The third kappa shape index (κ3) is 4.26. The molecular weight excluding hydrogens is 319 g/mol. The number of rotatable bonds is 5. The van der Waals surface area contributed by atoms with Gasteiger partial charge in [-0.1, -0.05) is 12.1 Å². The molecule has 0 radical (unpaired) electrons. The molecule has 1 atom stereocenters. The summed E-state index contributed by atoms with van der Waals surface area (Å²) in [5.41, 5.74) is 2.30. The lowest BCUT2D eigenvalue weighted by Crippen LogP contribution is -2.44. The molecule has 0 bridgehead atoms. The topological polar surface area (TPSA) is 33.5 Å². The van der Waals surface area contributed by atoms with Crippen LogP contribution in [-0.4, -0.2) is 65.0 Å². The van der Waals surface area contributed by atoms with Crippen LogP contribution in [0.2, 0.25) is 0 Å². The van der Waals surface area contributed by atoms with Crippen molar-refractivity contribution in [3.8, 4) is 0 Å². The predicted octanol–water partition coefficient (Wildman–Crippen LogP) is 1.98. The van der Waals surface area contributed by atoms with Gasteiger partial charge in [-0.15, -0.1) is 0 Å². The minimum Gasteiger partial charge on any atom is -0.379 e. The van der Waals surface area contributed by atoms with Gasteiger partial charge in [-0.3, -0.25) is 14.5 Å². The number of ether oxygens (including phenoxy) is 1. The summed E-state index contributed by atoms with van der Waals surface area (Å²) >= 11 is 0. The Labute approximate surface area is 148 Å². The first kappa shape index (κ1) is 16.7. The van der Waals surface area contributed by atoms with E-state index in [9.17, 15) is 4.39 Å². The number of benzene rings is 1. The van der Waals surface area contributed by atoms with Gasteiger partial charge in [0.1, 0.15) is 5.82 Å². The first-order valence-corrected chi connectivity index (χ1v) is 9.06. The average molecular weight is 344 g/mol. The van der Waals surface area contributed by atoms with Crippen LogP contribution in [-0.2, 0) is 17.8 Å². The maximum Gasteiger partial charge on any atom is 0.123 e. The van der Waals surface area contributed by atoms with Crippen molar-refractivity contribution in [1.29, 1.82) is 0 Å². The van der Waals surface area contributed by atoms with Gasteiger partial charge >= 0.3 is 0 Å². The van der Waals surface area contributed by atoms with Crippen molar-refractivity contribution in [2.45, 2.75) is 25.6 Å². The normalized spacial score (nSPS) is 22.5. The monoisotopic (exact) mass is 344 g/mol. The molecule has 25 heavy (non-hydrogen) atoms. The van der Waals surface area contributed by atoms with Crippen LogP contribution >= 0.6 is 0 Å². The lowest BCUT2D eigenvalue weighted by atomic mass is 10.2. The summed E-state index contributed by atoms with van der Waals surface area (Å²) in [6, 6.07) is 7.28. The van der Waals surface area contributed by atoms with E-state index in [0.29, 0.717) is 12.6 Å². The van der Waals surface area contributed by atoms with Gasteiger partial charge in [0.15, 0.2) is 0 Å². The zero-order chi connectivity index (χ0) is 17.1. The molecule has 0 saturated carbocycles. The van der Waals surface area contributed by atoms with Crippen molar-refractivity contribution in [2.75, 3.05) is 39.4 Å². The molecule has 2 aliphatic heterocycles. The molecule has 5 nitrogen and oxygen atoms in total. The van der Waals surface area contributed by atoms with Gasteiger partial charge in [-0.2, -0.15) is 5.10 Å². The number of likely N-dealkylation sites (tertiary alicyclic amines) is 1. The van der Waals surface area contributed by atoms with E-state index >= 15 is 0 Å². The molecule has 1 aromatic carbocycles. The molecule has 6 heteroatoms. The summed E-state index contributed by atoms with van der Waals surface area (Å²) in [7, 11) is 0. The van der Waals surface area contributed by atoms with Crippen molar-refractivity contribution in [3.63, 3.8) is 0 Å². The third-order valence-electron chi connectivity index (χ3n) is 5.16. The molecule has 0 N–H and O–H groups in total. The van der Waals surface area contributed by atoms with Crippen LogP contribution in [0.1, 0.15) is 17.5 Å². The largest absolute Gasteiger partial charge is 0.379 e. The van der Waals surface area contributed by atoms with Crippen LogP contribution in [0.4, 0.5) is 4.39 Å². The Bertz CT molecular complexity index is 681. The Balaban J connectivity index is 1.30.